The van der Waals surface area contributed by atoms with Crippen LogP contribution in [0.25, 0.3) is 0 Å². The van der Waals surface area contributed by atoms with Crippen LogP contribution in [0.2, 0.25) is 0 Å². The highest BCUT2D eigenvalue weighted by Crippen LogP contribution is 2.13. The molecule has 1 saturated heterocycles. The highest BCUT2D eigenvalue weighted by molar-refractivity contribution is 5.87. The third-order valence-electron chi connectivity index (χ3n) is 2.27. The van der Waals surface area contributed by atoms with E-state index in [1.165, 1.54) is 19.3 Å². The van der Waals surface area contributed by atoms with E-state index >= 15 is 0 Å². The Balaban J connectivity index is 2.49. The molecule has 1 fully saturated rings. The standard InChI is InChI=1S/C10H17NO/c1-9(8-10(2)12)11-6-4-3-5-7-11/h8H,3-7H2,1-2H3/b9-8+. The smallest absolute Gasteiger partial charge is 0.154 e. The molecule has 0 saturated carbocycles. The lowest BCUT2D eigenvalue weighted by atomic mass is 10.1. The van der Waals surface area contributed by atoms with Gasteiger partial charge in [0.2, 0.25) is 0 Å². The van der Waals surface area contributed by atoms with Crippen LogP contribution in [0.15, 0.2) is 11.8 Å². The second-order valence-electron chi connectivity index (χ2n) is 3.44. The van der Waals surface area contributed by atoms with Gasteiger partial charge in [-0.2, -0.15) is 0 Å². The molecule has 0 atom stereocenters. The maximum Gasteiger partial charge on any atom is 0.154 e. The third kappa shape index (κ3) is 2.68. The van der Waals surface area contributed by atoms with Crippen LogP contribution in [-0.4, -0.2) is 23.8 Å². The molecule has 2 heteroatoms. The zero-order valence-corrected chi connectivity index (χ0v) is 7.97. The number of nitrogens with zero attached hydrogens (tertiary/aromatic N) is 1. The average Bonchev–Trinajstić information content (AvgIpc) is 2.05. The fourth-order valence-corrected chi connectivity index (χ4v) is 1.63. The van der Waals surface area contributed by atoms with Crippen molar-refractivity contribution in [3.8, 4) is 0 Å². The SMILES string of the molecule is CC(=O)/C=C(\C)N1CCCCC1. The predicted molar refractivity (Wildman–Crippen MR) is 49.9 cm³/mol. The first-order chi connectivity index (χ1) is 5.70. The minimum Gasteiger partial charge on any atom is -0.375 e. The molecule has 0 radical (unpaired) electrons. The summed E-state index contributed by atoms with van der Waals surface area (Å²) in [6.45, 7) is 5.87. The van der Waals surface area contributed by atoms with E-state index in [1.807, 2.05) is 6.92 Å². The van der Waals surface area contributed by atoms with E-state index in [1.54, 1.807) is 13.0 Å². The van der Waals surface area contributed by atoms with Crippen molar-refractivity contribution in [1.82, 2.24) is 4.90 Å². The van der Waals surface area contributed by atoms with Crippen LogP contribution < -0.4 is 0 Å². The Labute approximate surface area is 74.2 Å². The summed E-state index contributed by atoms with van der Waals surface area (Å²) < 4.78 is 0. The van der Waals surface area contributed by atoms with Gasteiger partial charge in [0.15, 0.2) is 5.78 Å². The lowest BCUT2D eigenvalue weighted by Gasteiger charge is -2.29. The van der Waals surface area contributed by atoms with Gasteiger partial charge in [0.1, 0.15) is 0 Å². The van der Waals surface area contributed by atoms with Crippen LogP contribution in [-0.2, 0) is 4.79 Å². The van der Waals surface area contributed by atoms with E-state index in [9.17, 15) is 4.79 Å². The van der Waals surface area contributed by atoms with Gasteiger partial charge in [-0.1, -0.05) is 0 Å². The number of piperidine rings is 1. The molecule has 1 rings (SSSR count). The van der Waals surface area contributed by atoms with Gasteiger partial charge in [0.25, 0.3) is 0 Å². The number of allylic oxidation sites excluding steroid dienone is 2. The second-order valence-corrected chi connectivity index (χ2v) is 3.44. The van der Waals surface area contributed by atoms with Gasteiger partial charge in [0.05, 0.1) is 0 Å². The molecular formula is C10H17NO. The Hall–Kier alpha value is -0.790. The van der Waals surface area contributed by atoms with Crippen molar-refractivity contribution >= 4 is 5.78 Å². The molecule has 0 aromatic carbocycles. The predicted octanol–water partition coefficient (Wildman–Crippen LogP) is 1.97. The minimum atomic E-state index is 0.151. The Morgan fingerprint density at radius 2 is 1.75 bits per heavy atom. The summed E-state index contributed by atoms with van der Waals surface area (Å²) in [6, 6.07) is 0. The summed E-state index contributed by atoms with van der Waals surface area (Å²) in [5.74, 6) is 0.151. The van der Waals surface area contributed by atoms with Crippen LogP contribution in [0.3, 0.4) is 0 Å². The number of carbonyl (C=O) groups excluding carboxylic acids is 1. The minimum absolute atomic E-state index is 0.151. The summed E-state index contributed by atoms with van der Waals surface area (Å²) in [7, 11) is 0. The Morgan fingerprint density at radius 3 is 2.25 bits per heavy atom. The fraction of sp³-hybridized carbons (Fsp3) is 0.700. The number of carbonyl (C=O) groups is 1. The number of hydrogen-bond acceptors (Lipinski definition) is 2. The summed E-state index contributed by atoms with van der Waals surface area (Å²) >= 11 is 0. The lowest BCUT2D eigenvalue weighted by molar-refractivity contribution is -0.112. The molecule has 1 aliphatic heterocycles. The number of likely N-dealkylation sites (tertiary alicyclic amines) is 1. The Bertz CT molecular complexity index is 190. The second kappa shape index (κ2) is 4.29. The summed E-state index contributed by atoms with van der Waals surface area (Å²) in [5, 5.41) is 0. The molecule has 0 aromatic rings. The van der Waals surface area contributed by atoms with Gasteiger partial charge in [-0.25, -0.2) is 0 Å². The van der Waals surface area contributed by atoms with Gasteiger partial charge in [-0.3, -0.25) is 4.79 Å². The maximum absolute atomic E-state index is 10.8. The van der Waals surface area contributed by atoms with Crippen LogP contribution in [0.5, 0.6) is 0 Å². The topological polar surface area (TPSA) is 20.3 Å². The molecule has 0 N–H and O–H groups in total. The zero-order chi connectivity index (χ0) is 8.97. The molecule has 12 heavy (non-hydrogen) atoms. The molecule has 0 spiro atoms. The molecule has 0 bridgehead atoms. The maximum atomic E-state index is 10.8. The van der Waals surface area contributed by atoms with Gasteiger partial charge >= 0.3 is 0 Å². The zero-order valence-electron chi connectivity index (χ0n) is 7.97. The first kappa shape index (κ1) is 9.30. The number of ketones is 1. The highest BCUT2D eigenvalue weighted by Gasteiger charge is 2.09. The molecule has 0 unspecified atom stereocenters. The largest absolute Gasteiger partial charge is 0.375 e. The van der Waals surface area contributed by atoms with Crippen LogP contribution in [0.4, 0.5) is 0 Å². The first-order valence-corrected chi connectivity index (χ1v) is 4.64. The molecular weight excluding hydrogens is 150 g/mol. The van der Waals surface area contributed by atoms with Gasteiger partial charge < -0.3 is 4.90 Å². The molecule has 2 nitrogen and oxygen atoms in total. The van der Waals surface area contributed by atoms with Crippen molar-refractivity contribution in [2.45, 2.75) is 33.1 Å². The fourth-order valence-electron chi connectivity index (χ4n) is 1.63. The average molecular weight is 167 g/mol. The summed E-state index contributed by atoms with van der Waals surface area (Å²) in [4.78, 5) is 13.1. The molecule has 0 aliphatic carbocycles. The van der Waals surface area contributed by atoms with Crippen molar-refractivity contribution in [3.63, 3.8) is 0 Å². The normalized spacial score (nSPS) is 19.5. The van der Waals surface area contributed by atoms with E-state index in [4.69, 9.17) is 0 Å². The van der Waals surface area contributed by atoms with Crippen LogP contribution in [0, 0.1) is 0 Å². The van der Waals surface area contributed by atoms with E-state index in [-0.39, 0.29) is 5.78 Å². The van der Waals surface area contributed by atoms with Crippen molar-refractivity contribution in [2.24, 2.45) is 0 Å². The van der Waals surface area contributed by atoms with E-state index in [0.29, 0.717) is 0 Å². The van der Waals surface area contributed by atoms with Crippen LogP contribution >= 0.6 is 0 Å². The Morgan fingerprint density at radius 1 is 1.17 bits per heavy atom. The van der Waals surface area contributed by atoms with Crippen molar-refractivity contribution in [3.05, 3.63) is 11.8 Å². The molecule has 1 heterocycles. The highest BCUT2D eigenvalue weighted by atomic mass is 16.1. The first-order valence-electron chi connectivity index (χ1n) is 4.64. The quantitative estimate of drug-likeness (QED) is 0.586. The van der Waals surface area contributed by atoms with Crippen molar-refractivity contribution in [1.29, 1.82) is 0 Å². The van der Waals surface area contributed by atoms with Gasteiger partial charge in [0, 0.05) is 18.8 Å². The van der Waals surface area contributed by atoms with Crippen molar-refractivity contribution < 1.29 is 4.79 Å². The summed E-state index contributed by atoms with van der Waals surface area (Å²) in [6.07, 6.45) is 5.60. The van der Waals surface area contributed by atoms with E-state index in [0.717, 1.165) is 18.8 Å². The van der Waals surface area contributed by atoms with Crippen LogP contribution in [0.1, 0.15) is 33.1 Å². The van der Waals surface area contributed by atoms with E-state index < -0.39 is 0 Å². The molecule has 0 aromatic heterocycles. The van der Waals surface area contributed by atoms with Gasteiger partial charge in [-0.05, 0) is 39.2 Å². The van der Waals surface area contributed by atoms with E-state index in [2.05, 4.69) is 4.90 Å². The molecule has 1 aliphatic rings. The molecule has 0 amide bonds. The number of rotatable bonds is 2. The summed E-state index contributed by atoms with van der Waals surface area (Å²) in [5.41, 5.74) is 1.13. The molecule has 68 valence electrons. The van der Waals surface area contributed by atoms with Crippen molar-refractivity contribution in [2.75, 3.05) is 13.1 Å². The lowest BCUT2D eigenvalue weighted by Crippen LogP contribution is -2.28. The Kier molecular flexibility index (Phi) is 3.32. The monoisotopic (exact) mass is 167 g/mol. The number of hydrogen-bond donors (Lipinski definition) is 0. The third-order valence-corrected chi connectivity index (χ3v) is 2.27. The van der Waals surface area contributed by atoms with Gasteiger partial charge in [-0.15, -0.1) is 0 Å².